The van der Waals surface area contributed by atoms with Crippen LogP contribution in [0, 0.1) is 0 Å². The first kappa shape index (κ1) is 7.55. The molecule has 1 aliphatic heterocycles. The van der Waals surface area contributed by atoms with Gasteiger partial charge < -0.3 is 4.74 Å². The predicted molar refractivity (Wildman–Crippen MR) is 52.9 cm³/mol. The number of halogens is 1. The highest BCUT2D eigenvalue weighted by Crippen LogP contribution is 2.39. The molecule has 1 nitrogen and oxygen atoms in total. The Labute approximate surface area is 79.9 Å². The average Bonchev–Trinajstić information content (AvgIpc) is 2.85. The Morgan fingerprint density at radius 2 is 2.00 bits per heavy atom. The van der Waals surface area contributed by atoms with Crippen molar-refractivity contribution in [2.24, 2.45) is 0 Å². The summed E-state index contributed by atoms with van der Waals surface area (Å²) in [5.74, 6) is 0. The maximum atomic E-state index is 5.44. The third-order valence-corrected chi connectivity index (χ3v) is 2.73. The Morgan fingerprint density at radius 3 is 2.55 bits per heavy atom. The van der Waals surface area contributed by atoms with Gasteiger partial charge in [0.1, 0.15) is 6.10 Å². The maximum absolute atomic E-state index is 5.44. The van der Waals surface area contributed by atoms with Crippen LogP contribution in [0.5, 0.6) is 0 Å². The summed E-state index contributed by atoms with van der Waals surface area (Å²) in [5.41, 5.74) is 1.31. The van der Waals surface area contributed by atoms with Crippen LogP contribution in [0.25, 0.3) is 0 Å². The number of hydrogen-bond donors (Lipinski definition) is 0. The van der Waals surface area contributed by atoms with Crippen molar-refractivity contribution in [3.8, 4) is 0 Å². The molecule has 2 unspecified atom stereocenters. The number of benzene rings is 1. The second-order valence-corrected chi connectivity index (χ2v) is 3.54. The first-order chi connectivity index (χ1) is 5.42. The molecule has 1 aromatic carbocycles. The molecule has 1 aliphatic rings. The standard InChI is InChI=1S/C9H9IO/c10-6-8-9(11-8)7-4-2-1-3-5-7/h1-5,8-9H,6H2. The van der Waals surface area contributed by atoms with E-state index < -0.39 is 0 Å². The van der Waals surface area contributed by atoms with Crippen molar-refractivity contribution in [3.63, 3.8) is 0 Å². The molecule has 0 aromatic heterocycles. The van der Waals surface area contributed by atoms with Crippen LogP contribution in [0.1, 0.15) is 11.7 Å². The quantitative estimate of drug-likeness (QED) is 0.452. The average molecular weight is 260 g/mol. The van der Waals surface area contributed by atoms with Crippen molar-refractivity contribution in [2.45, 2.75) is 12.2 Å². The molecule has 2 atom stereocenters. The minimum atomic E-state index is 0.382. The van der Waals surface area contributed by atoms with Gasteiger partial charge in [0, 0.05) is 4.43 Å². The van der Waals surface area contributed by atoms with Gasteiger partial charge in [0.05, 0.1) is 6.10 Å². The molecule has 1 aromatic rings. The summed E-state index contributed by atoms with van der Waals surface area (Å²) in [6, 6.07) is 10.4. The number of rotatable bonds is 2. The van der Waals surface area contributed by atoms with E-state index in [1.54, 1.807) is 0 Å². The van der Waals surface area contributed by atoms with Gasteiger partial charge in [-0.2, -0.15) is 0 Å². The topological polar surface area (TPSA) is 12.5 Å². The second kappa shape index (κ2) is 3.11. The Hall–Kier alpha value is -0.0900. The monoisotopic (exact) mass is 260 g/mol. The number of alkyl halides is 1. The Morgan fingerprint density at radius 1 is 1.27 bits per heavy atom. The summed E-state index contributed by atoms with van der Waals surface area (Å²) >= 11 is 2.36. The molecular formula is C9H9IO. The molecule has 0 N–H and O–H groups in total. The predicted octanol–water partition coefficient (Wildman–Crippen LogP) is 2.56. The minimum absolute atomic E-state index is 0.382. The van der Waals surface area contributed by atoms with Gasteiger partial charge in [-0.1, -0.05) is 52.9 Å². The highest BCUT2D eigenvalue weighted by atomic mass is 127. The third kappa shape index (κ3) is 1.56. The van der Waals surface area contributed by atoms with E-state index in [9.17, 15) is 0 Å². The normalized spacial score (nSPS) is 28.5. The summed E-state index contributed by atoms with van der Waals surface area (Å²) in [6.45, 7) is 0. The lowest BCUT2D eigenvalue weighted by Crippen LogP contribution is -1.87. The SMILES string of the molecule is ICC1OC1c1ccccc1. The highest BCUT2D eigenvalue weighted by molar-refractivity contribution is 14.1. The number of hydrogen-bond acceptors (Lipinski definition) is 1. The van der Waals surface area contributed by atoms with Crippen molar-refractivity contribution in [1.82, 2.24) is 0 Å². The van der Waals surface area contributed by atoms with Crippen molar-refractivity contribution < 1.29 is 4.74 Å². The maximum Gasteiger partial charge on any atom is 0.110 e. The summed E-state index contributed by atoms with van der Waals surface area (Å²) in [6.07, 6.45) is 0.853. The Kier molecular flexibility index (Phi) is 2.13. The molecule has 1 saturated heterocycles. The van der Waals surface area contributed by atoms with Crippen LogP contribution in [-0.4, -0.2) is 10.5 Å². The van der Waals surface area contributed by atoms with Gasteiger partial charge in [-0.3, -0.25) is 0 Å². The Balaban J connectivity index is 2.09. The van der Waals surface area contributed by atoms with E-state index in [1.165, 1.54) is 5.56 Å². The zero-order valence-corrected chi connectivity index (χ0v) is 8.19. The third-order valence-electron chi connectivity index (χ3n) is 1.86. The van der Waals surface area contributed by atoms with Crippen LogP contribution in [0.15, 0.2) is 30.3 Å². The van der Waals surface area contributed by atoms with Crippen LogP contribution in [0.3, 0.4) is 0 Å². The smallest absolute Gasteiger partial charge is 0.110 e. The molecule has 58 valence electrons. The largest absolute Gasteiger partial charge is 0.364 e. The van der Waals surface area contributed by atoms with Gasteiger partial charge in [0.25, 0.3) is 0 Å². The van der Waals surface area contributed by atoms with E-state index in [4.69, 9.17) is 4.74 Å². The van der Waals surface area contributed by atoms with Crippen molar-refractivity contribution in [1.29, 1.82) is 0 Å². The van der Waals surface area contributed by atoms with Crippen molar-refractivity contribution in [3.05, 3.63) is 35.9 Å². The summed E-state index contributed by atoms with van der Waals surface area (Å²) in [5, 5.41) is 0. The highest BCUT2D eigenvalue weighted by Gasteiger charge is 2.38. The van der Waals surface area contributed by atoms with Gasteiger partial charge in [0.2, 0.25) is 0 Å². The zero-order valence-electron chi connectivity index (χ0n) is 6.03. The fraction of sp³-hybridized carbons (Fsp3) is 0.333. The molecule has 0 bridgehead atoms. The van der Waals surface area contributed by atoms with Crippen molar-refractivity contribution in [2.75, 3.05) is 4.43 Å². The molecule has 0 amide bonds. The summed E-state index contributed by atoms with van der Waals surface area (Å²) < 4.78 is 6.54. The summed E-state index contributed by atoms with van der Waals surface area (Å²) in [7, 11) is 0. The molecule has 1 fully saturated rings. The number of ether oxygens (including phenoxy) is 1. The van der Waals surface area contributed by atoms with Gasteiger partial charge in [-0.25, -0.2) is 0 Å². The molecular weight excluding hydrogens is 251 g/mol. The fourth-order valence-corrected chi connectivity index (χ4v) is 1.87. The Bertz CT molecular complexity index is 235. The zero-order chi connectivity index (χ0) is 7.68. The van der Waals surface area contributed by atoms with E-state index in [-0.39, 0.29) is 0 Å². The van der Waals surface area contributed by atoms with Gasteiger partial charge >= 0.3 is 0 Å². The van der Waals surface area contributed by atoms with Crippen LogP contribution in [-0.2, 0) is 4.74 Å². The van der Waals surface area contributed by atoms with Gasteiger partial charge in [0.15, 0.2) is 0 Å². The molecule has 11 heavy (non-hydrogen) atoms. The van der Waals surface area contributed by atoms with Gasteiger partial charge in [-0.15, -0.1) is 0 Å². The van der Waals surface area contributed by atoms with E-state index in [1.807, 2.05) is 6.07 Å². The van der Waals surface area contributed by atoms with E-state index in [2.05, 4.69) is 46.9 Å². The first-order valence-electron chi connectivity index (χ1n) is 3.68. The molecule has 0 aliphatic carbocycles. The molecule has 2 rings (SSSR count). The minimum Gasteiger partial charge on any atom is -0.364 e. The lowest BCUT2D eigenvalue weighted by atomic mass is 10.1. The van der Waals surface area contributed by atoms with E-state index in [0.717, 1.165) is 4.43 Å². The van der Waals surface area contributed by atoms with E-state index in [0.29, 0.717) is 12.2 Å². The van der Waals surface area contributed by atoms with Gasteiger partial charge in [-0.05, 0) is 5.56 Å². The molecule has 0 radical (unpaired) electrons. The lowest BCUT2D eigenvalue weighted by molar-refractivity contribution is 0.386. The summed E-state index contributed by atoms with van der Waals surface area (Å²) in [4.78, 5) is 0. The molecule has 0 saturated carbocycles. The second-order valence-electron chi connectivity index (χ2n) is 2.66. The van der Waals surface area contributed by atoms with Crippen LogP contribution >= 0.6 is 22.6 Å². The van der Waals surface area contributed by atoms with Crippen LogP contribution in [0.4, 0.5) is 0 Å². The van der Waals surface area contributed by atoms with Crippen LogP contribution in [0.2, 0.25) is 0 Å². The molecule has 1 heterocycles. The first-order valence-corrected chi connectivity index (χ1v) is 5.21. The number of epoxide rings is 1. The molecule has 2 heteroatoms. The van der Waals surface area contributed by atoms with Crippen LogP contribution < -0.4 is 0 Å². The van der Waals surface area contributed by atoms with Crippen molar-refractivity contribution >= 4 is 22.6 Å². The fourth-order valence-electron chi connectivity index (χ4n) is 1.20. The lowest BCUT2D eigenvalue weighted by Gasteiger charge is -1.91. The molecule has 0 spiro atoms. The van der Waals surface area contributed by atoms with E-state index >= 15 is 0 Å².